The van der Waals surface area contributed by atoms with Crippen molar-refractivity contribution < 1.29 is 4.92 Å². The lowest BCUT2D eigenvalue weighted by Crippen LogP contribution is -2.29. The number of halogens is 1. The second-order valence-corrected chi connectivity index (χ2v) is 7.78. The number of aromatic amines is 1. The van der Waals surface area contributed by atoms with E-state index in [1.54, 1.807) is 16.7 Å². The van der Waals surface area contributed by atoms with Crippen LogP contribution in [-0.4, -0.2) is 30.2 Å². The predicted octanol–water partition coefficient (Wildman–Crippen LogP) is 2.59. The van der Waals surface area contributed by atoms with E-state index in [0.29, 0.717) is 5.56 Å². The number of hydrogen-bond donors (Lipinski definition) is 2. The number of imidazole rings is 1. The zero-order valence-electron chi connectivity index (χ0n) is 16.7. The van der Waals surface area contributed by atoms with E-state index >= 15 is 0 Å². The van der Waals surface area contributed by atoms with Gasteiger partial charge in [0.15, 0.2) is 11.2 Å². The van der Waals surface area contributed by atoms with Gasteiger partial charge in [0.05, 0.1) is 17.7 Å². The van der Waals surface area contributed by atoms with Gasteiger partial charge in [-0.25, -0.2) is 10.2 Å². The number of nitrogens with zero attached hydrogens (tertiary/aromatic N) is 5. The topological polar surface area (TPSA) is 140 Å². The molecule has 4 rings (SSSR count). The number of nitrogens with one attached hydrogen (secondary N) is 2. The molecule has 0 saturated carbocycles. The molecule has 4 aromatic rings. The van der Waals surface area contributed by atoms with Crippen molar-refractivity contribution in [2.24, 2.45) is 12.1 Å². The molecule has 32 heavy (non-hydrogen) atoms. The zero-order valence-corrected chi connectivity index (χ0v) is 18.2. The van der Waals surface area contributed by atoms with Crippen molar-refractivity contribution >= 4 is 44.9 Å². The number of hydrazone groups is 1. The number of anilines is 1. The van der Waals surface area contributed by atoms with E-state index < -0.39 is 16.2 Å². The largest absolute Gasteiger partial charge is 0.329 e. The molecular weight excluding hydrogens is 482 g/mol. The molecule has 0 atom stereocenters. The summed E-state index contributed by atoms with van der Waals surface area (Å²) in [7, 11) is 1.51. The molecule has 0 spiro atoms. The normalized spacial score (nSPS) is 11.3. The number of benzene rings is 2. The molecule has 0 saturated heterocycles. The highest BCUT2D eigenvalue weighted by Gasteiger charge is 2.17. The molecule has 0 aliphatic rings. The lowest BCUT2D eigenvalue weighted by atomic mass is 10.2. The molecule has 162 valence electrons. The van der Waals surface area contributed by atoms with Crippen LogP contribution >= 0.6 is 15.9 Å². The van der Waals surface area contributed by atoms with Gasteiger partial charge >= 0.3 is 5.69 Å². The van der Waals surface area contributed by atoms with E-state index in [1.165, 1.54) is 30.0 Å². The van der Waals surface area contributed by atoms with Gasteiger partial charge in [-0.2, -0.15) is 10.1 Å². The first kappa shape index (κ1) is 21.2. The number of non-ortho nitro benzene ring substituents is 1. The van der Waals surface area contributed by atoms with E-state index in [-0.39, 0.29) is 29.3 Å². The fraction of sp³-hybridized carbons (Fsp3) is 0.100. The molecule has 0 bridgehead atoms. The first-order valence-corrected chi connectivity index (χ1v) is 10.1. The maximum atomic E-state index is 12.6. The van der Waals surface area contributed by atoms with Gasteiger partial charge in [-0.1, -0.05) is 40.2 Å². The Hall–Kier alpha value is -4.06. The molecule has 11 nitrogen and oxygen atoms in total. The number of hydrogen-bond acceptors (Lipinski definition) is 7. The minimum Gasteiger partial charge on any atom is -0.298 e. The lowest BCUT2D eigenvalue weighted by Gasteiger charge is -2.08. The number of H-pyrrole nitrogens is 1. The monoisotopic (exact) mass is 497 g/mol. The van der Waals surface area contributed by atoms with Crippen LogP contribution in [0.15, 0.2) is 67.7 Å². The van der Waals surface area contributed by atoms with Crippen LogP contribution in [0.25, 0.3) is 11.2 Å². The summed E-state index contributed by atoms with van der Waals surface area (Å²) in [6.45, 7) is 0.284. The molecule has 0 aliphatic heterocycles. The summed E-state index contributed by atoms with van der Waals surface area (Å²) in [4.78, 5) is 41.7. The SMILES string of the molecule is Cn1c(=O)[nH]c(=O)c2c1nc(NN=Cc1cccc([N+](=O)[O-])c1)n2Cc1cccc(Br)c1. The van der Waals surface area contributed by atoms with Crippen molar-refractivity contribution in [3.63, 3.8) is 0 Å². The minimum atomic E-state index is -0.582. The fourth-order valence-electron chi connectivity index (χ4n) is 3.17. The second-order valence-electron chi connectivity index (χ2n) is 6.86. The van der Waals surface area contributed by atoms with Gasteiger partial charge < -0.3 is 0 Å². The summed E-state index contributed by atoms with van der Waals surface area (Å²) < 4.78 is 3.72. The Morgan fingerprint density at radius 1 is 1.25 bits per heavy atom. The number of rotatable bonds is 6. The first-order chi connectivity index (χ1) is 15.3. The van der Waals surface area contributed by atoms with Gasteiger partial charge in [0.25, 0.3) is 11.2 Å². The van der Waals surface area contributed by atoms with Gasteiger partial charge in [-0.05, 0) is 17.7 Å². The molecule has 2 N–H and O–H groups in total. The number of nitro benzene ring substituents is 1. The summed E-state index contributed by atoms with van der Waals surface area (Å²) in [6, 6.07) is 13.5. The Labute approximate surface area is 188 Å². The maximum absolute atomic E-state index is 12.6. The van der Waals surface area contributed by atoms with Gasteiger partial charge in [0, 0.05) is 29.2 Å². The molecule has 2 aromatic heterocycles. The Kier molecular flexibility index (Phi) is 5.69. The van der Waals surface area contributed by atoms with Crippen molar-refractivity contribution in [3.8, 4) is 0 Å². The van der Waals surface area contributed by atoms with Crippen molar-refractivity contribution in [2.75, 3.05) is 5.43 Å². The Morgan fingerprint density at radius 3 is 2.78 bits per heavy atom. The van der Waals surface area contributed by atoms with Gasteiger partial charge in [-0.3, -0.25) is 29.0 Å². The standard InChI is InChI=1S/C20H16BrN7O4/c1-26-17-16(18(29)24-20(26)30)27(11-13-5-2-6-14(21)8-13)19(23-17)25-22-10-12-4-3-7-15(9-12)28(31)32/h2-10H,11H2,1H3,(H,23,25)(H,24,29,30). The van der Waals surface area contributed by atoms with E-state index in [2.05, 4.69) is 36.4 Å². The van der Waals surface area contributed by atoms with Gasteiger partial charge in [0.2, 0.25) is 5.95 Å². The van der Waals surface area contributed by atoms with Crippen LogP contribution in [0, 0.1) is 10.1 Å². The predicted molar refractivity (Wildman–Crippen MR) is 123 cm³/mol. The first-order valence-electron chi connectivity index (χ1n) is 9.31. The minimum absolute atomic E-state index is 0.0580. The van der Waals surface area contributed by atoms with Crippen molar-refractivity contribution in [1.82, 2.24) is 19.1 Å². The third-order valence-corrected chi connectivity index (χ3v) is 5.19. The second kappa shape index (κ2) is 8.59. The van der Waals surface area contributed by atoms with Crippen LogP contribution in [-0.2, 0) is 13.6 Å². The third kappa shape index (κ3) is 4.21. The Balaban J connectivity index is 1.76. The Morgan fingerprint density at radius 2 is 2.03 bits per heavy atom. The van der Waals surface area contributed by atoms with E-state index in [9.17, 15) is 19.7 Å². The Bertz CT molecular complexity index is 1490. The van der Waals surface area contributed by atoms with Gasteiger partial charge in [-0.15, -0.1) is 0 Å². The molecule has 0 radical (unpaired) electrons. The van der Waals surface area contributed by atoms with Crippen LogP contribution in [0.2, 0.25) is 0 Å². The molecule has 2 aromatic carbocycles. The molecule has 12 heteroatoms. The average Bonchev–Trinajstić information content (AvgIpc) is 3.11. The van der Waals surface area contributed by atoms with Crippen molar-refractivity contribution in [2.45, 2.75) is 6.54 Å². The molecule has 0 unspecified atom stereocenters. The maximum Gasteiger partial charge on any atom is 0.329 e. The van der Waals surface area contributed by atoms with Crippen molar-refractivity contribution in [3.05, 3.63) is 95.1 Å². The lowest BCUT2D eigenvalue weighted by molar-refractivity contribution is -0.384. The van der Waals surface area contributed by atoms with Crippen molar-refractivity contribution in [1.29, 1.82) is 0 Å². The van der Waals surface area contributed by atoms with Crippen LogP contribution < -0.4 is 16.7 Å². The smallest absolute Gasteiger partial charge is 0.298 e. The number of nitro groups is 1. The fourth-order valence-corrected chi connectivity index (χ4v) is 3.62. The summed E-state index contributed by atoms with van der Waals surface area (Å²) in [5.74, 6) is 0.230. The molecule has 0 amide bonds. The number of aryl methyl sites for hydroxylation is 1. The summed E-state index contributed by atoms with van der Waals surface area (Å²) in [6.07, 6.45) is 1.40. The number of aromatic nitrogens is 4. The summed E-state index contributed by atoms with van der Waals surface area (Å²) in [5.41, 5.74) is 3.37. The van der Waals surface area contributed by atoms with E-state index in [0.717, 1.165) is 10.0 Å². The van der Waals surface area contributed by atoms with Crippen LogP contribution in [0.4, 0.5) is 11.6 Å². The molecule has 0 fully saturated rings. The quantitative estimate of drug-likeness (QED) is 0.238. The summed E-state index contributed by atoms with van der Waals surface area (Å²) >= 11 is 3.43. The highest BCUT2D eigenvalue weighted by Crippen LogP contribution is 2.20. The highest BCUT2D eigenvalue weighted by molar-refractivity contribution is 9.10. The average molecular weight is 498 g/mol. The molecule has 0 aliphatic carbocycles. The molecule has 2 heterocycles. The van der Waals surface area contributed by atoms with Crippen LogP contribution in [0.5, 0.6) is 0 Å². The highest BCUT2D eigenvalue weighted by atomic mass is 79.9. The van der Waals surface area contributed by atoms with E-state index in [1.807, 2.05) is 24.3 Å². The zero-order chi connectivity index (χ0) is 22.8. The number of fused-ring (bicyclic) bond motifs is 1. The molecular formula is C20H16BrN7O4. The van der Waals surface area contributed by atoms with Crippen LogP contribution in [0.1, 0.15) is 11.1 Å². The van der Waals surface area contributed by atoms with Gasteiger partial charge in [0.1, 0.15) is 0 Å². The van der Waals surface area contributed by atoms with E-state index in [4.69, 9.17) is 0 Å². The van der Waals surface area contributed by atoms with Crippen LogP contribution in [0.3, 0.4) is 0 Å². The third-order valence-electron chi connectivity index (χ3n) is 4.70. The summed E-state index contributed by atoms with van der Waals surface area (Å²) in [5, 5.41) is 15.1.